The number of ketones is 1. The van der Waals surface area contributed by atoms with Crippen molar-refractivity contribution in [1.29, 1.82) is 0 Å². The van der Waals surface area contributed by atoms with E-state index in [2.05, 4.69) is 33.1 Å². The summed E-state index contributed by atoms with van der Waals surface area (Å²) in [5.74, 6) is 1.21. The number of carbonyl (C=O) groups excluding carboxylic acids is 1. The van der Waals surface area contributed by atoms with Crippen LogP contribution < -0.4 is 10.6 Å². The Hall–Kier alpha value is -1.67. The van der Waals surface area contributed by atoms with E-state index in [-0.39, 0.29) is 18.2 Å². The van der Waals surface area contributed by atoms with Crippen LogP contribution in [0.2, 0.25) is 0 Å². The van der Waals surface area contributed by atoms with E-state index in [1.54, 1.807) is 0 Å². The summed E-state index contributed by atoms with van der Waals surface area (Å²) >= 11 is 2.97. The van der Waals surface area contributed by atoms with Crippen LogP contribution in [0.4, 0.5) is 5.69 Å². The van der Waals surface area contributed by atoms with Crippen LogP contribution in [0.1, 0.15) is 39.6 Å². The smallest absolute Gasteiger partial charge is 0.183 e. The van der Waals surface area contributed by atoms with Gasteiger partial charge in [-0.2, -0.15) is 0 Å². The lowest BCUT2D eigenvalue weighted by Gasteiger charge is -2.29. The number of hydrogen-bond donors (Lipinski definition) is 1. The topological polar surface area (TPSA) is 72.1 Å². The number of benzene rings is 1. The summed E-state index contributed by atoms with van der Waals surface area (Å²) in [6.45, 7) is 4.57. The molecule has 29 heavy (non-hydrogen) atoms. The molecule has 2 N–H and O–H groups in total. The molecule has 3 heterocycles. The van der Waals surface area contributed by atoms with Gasteiger partial charge in [-0.3, -0.25) is 4.79 Å². The van der Waals surface area contributed by atoms with Crippen molar-refractivity contribution >= 4 is 57.9 Å². The van der Waals surface area contributed by atoms with Crippen molar-refractivity contribution < 1.29 is 4.79 Å². The first kappa shape index (κ1) is 22.0. The molecular formula is C21H25ClN4OS2. The second kappa shape index (κ2) is 9.89. The Labute approximate surface area is 185 Å². The van der Waals surface area contributed by atoms with Crippen LogP contribution in [-0.2, 0) is 6.54 Å². The van der Waals surface area contributed by atoms with E-state index < -0.39 is 0 Å². The lowest BCUT2D eigenvalue weighted by atomic mass is 10.1. The number of fused-ring (bicyclic) bond motifs is 1. The minimum atomic E-state index is 0. The lowest BCUT2D eigenvalue weighted by molar-refractivity contribution is 0.102. The molecule has 0 atom stereocenters. The average molecular weight is 449 g/mol. The monoisotopic (exact) mass is 448 g/mol. The van der Waals surface area contributed by atoms with E-state index in [1.165, 1.54) is 48.0 Å². The van der Waals surface area contributed by atoms with Crippen molar-refractivity contribution in [2.45, 2.75) is 37.8 Å². The number of nitrogens with zero attached hydrogens (tertiary/aromatic N) is 3. The molecule has 2 aromatic heterocycles. The predicted octanol–water partition coefficient (Wildman–Crippen LogP) is 4.85. The van der Waals surface area contributed by atoms with E-state index in [4.69, 9.17) is 5.73 Å². The van der Waals surface area contributed by atoms with Crippen LogP contribution in [0.3, 0.4) is 0 Å². The van der Waals surface area contributed by atoms with E-state index in [0.717, 1.165) is 44.6 Å². The van der Waals surface area contributed by atoms with Crippen molar-refractivity contribution in [3.8, 4) is 0 Å². The molecule has 0 saturated carbocycles. The molecule has 3 aromatic rings. The van der Waals surface area contributed by atoms with Gasteiger partial charge < -0.3 is 10.6 Å². The van der Waals surface area contributed by atoms with Crippen LogP contribution in [0.25, 0.3) is 10.9 Å². The molecular weight excluding hydrogens is 424 g/mol. The van der Waals surface area contributed by atoms with Gasteiger partial charge in [0, 0.05) is 35.6 Å². The Morgan fingerprint density at radius 1 is 1.17 bits per heavy atom. The minimum Gasteiger partial charge on any atom is -0.372 e. The molecule has 1 fully saturated rings. The van der Waals surface area contributed by atoms with Crippen molar-refractivity contribution in [1.82, 2.24) is 9.97 Å². The number of Topliss-reactive ketones (excluding diaryl/α,β-unsaturated/α-hetero) is 1. The summed E-state index contributed by atoms with van der Waals surface area (Å²) in [5.41, 5.74) is 7.81. The van der Waals surface area contributed by atoms with Crippen molar-refractivity contribution in [3.05, 3.63) is 45.9 Å². The fourth-order valence-electron chi connectivity index (χ4n) is 3.50. The van der Waals surface area contributed by atoms with Crippen LogP contribution in [0, 0.1) is 6.92 Å². The number of rotatable bonds is 6. The normalized spacial score (nSPS) is 14.1. The number of piperidine rings is 1. The molecule has 5 nitrogen and oxygen atoms in total. The first-order valence-corrected chi connectivity index (χ1v) is 11.4. The third-order valence-electron chi connectivity index (χ3n) is 4.95. The first-order valence-electron chi connectivity index (χ1n) is 9.62. The highest BCUT2D eigenvalue weighted by molar-refractivity contribution is 8.00. The molecule has 0 unspecified atom stereocenters. The third kappa shape index (κ3) is 5.09. The lowest BCUT2D eigenvalue weighted by Crippen LogP contribution is -2.29. The number of nitrogens with two attached hydrogens (primary N) is 1. The number of aromatic nitrogens is 2. The molecule has 4 rings (SSSR count). The van der Waals surface area contributed by atoms with E-state index in [1.807, 2.05) is 19.1 Å². The van der Waals surface area contributed by atoms with Gasteiger partial charge in [-0.25, -0.2) is 9.97 Å². The number of carbonyl (C=O) groups is 1. The number of anilines is 1. The molecule has 154 valence electrons. The maximum absolute atomic E-state index is 12.6. The van der Waals surface area contributed by atoms with Gasteiger partial charge in [0.15, 0.2) is 5.78 Å². The highest BCUT2D eigenvalue weighted by Crippen LogP contribution is 2.31. The second-order valence-corrected chi connectivity index (χ2v) is 9.14. The van der Waals surface area contributed by atoms with Gasteiger partial charge >= 0.3 is 0 Å². The average Bonchev–Trinajstić information content (AvgIpc) is 3.21. The maximum Gasteiger partial charge on any atom is 0.183 e. The van der Waals surface area contributed by atoms with Gasteiger partial charge in [-0.1, -0.05) is 11.8 Å². The Balaban J connectivity index is 0.00000240. The van der Waals surface area contributed by atoms with Crippen molar-refractivity contribution in [3.63, 3.8) is 0 Å². The highest BCUT2D eigenvalue weighted by atomic mass is 35.5. The molecule has 0 aliphatic carbocycles. The molecule has 0 radical (unpaired) electrons. The molecule has 0 spiro atoms. The summed E-state index contributed by atoms with van der Waals surface area (Å²) in [6, 6.07) is 10.2. The van der Waals surface area contributed by atoms with Crippen molar-refractivity contribution in [2.24, 2.45) is 5.73 Å². The Kier molecular flexibility index (Phi) is 7.51. The number of aryl methyl sites for hydroxylation is 1. The zero-order valence-corrected chi connectivity index (χ0v) is 18.8. The number of thioether (sulfide) groups is 1. The predicted molar refractivity (Wildman–Crippen MR) is 125 cm³/mol. The van der Waals surface area contributed by atoms with Gasteiger partial charge in [0.25, 0.3) is 0 Å². The summed E-state index contributed by atoms with van der Waals surface area (Å²) in [5, 5.41) is 1.91. The molecule has 0 amide bonds. The highest BCUT2D eigenvalue weighted by Gasteiger charge is 2.16. The molecule has 1 aliphatic rings. The van der Waals surface area contributed by atoms with E-state index in [9.17, 15) is 4.79 Å². The molecule has 0 bridgehead atoms. The summed E-state index contributed by atoms with van der Waals surface area (Å²) in [6.07, 6.45) is 3.79. The Morgan fingerprint density at radius 3 is 2.69 bits per heavy atom. The maximum atomic E-state index is 12.6. The van der Waals surface area contributed by atoms with Crippen LogP contribution in [-0.4, -0.2) is 34.6 Å². The Morgan fingerprint density at radius 2 is 1.97 bits per heavy atom. The molecule has 8 heteroatoms. The number of thiophene rings is 1. The van der Waals surface area contributed by atoms with Crippen LogP contribution >= 0.6 is 35.5 Å². The summed E-state index contributed by atoms with van der Waals surface area (Å²) in [4.78, 5) is 26.0. The van der Waals surface area contributed by atoms with Gasteiger partial charge in [0.05, 0.1) is 16.1 Å². The zero-order valence-electron chi connectivity index (χ0n) is 16.4. The first-order chi connectivity index (χ1) is 13.6. The van der Waals surface area contributed by atoms with E-state index >= 15 is 0 Å². The van der Waals surface area contributed by atoms with Gasteiger partial charge in [0.2, 0.25) is 0 Å². The third-order valence-corrected chi connectivity index (χ3v) is 7.09. The van der Waals surface area contributed by atoms with E-state index in [0.29, 0.717) is 12.3 Å². The molecule has 1 aromatic carbocycles. The standard InChI is InChI=1S/C21H24N4OS2.ClH/c1-14-23-18-7-5-15(25-9-3-2-4-10-25)11-17(18)21(24-14)27-13-19(26)20-8-6-16(12-22)28-20;/h5-8,11H,2-4,9-10,12-13,22H2,1H3;1H. The molecule has 1 aliphatic heterocycles. The SMILES string of the molecule is Cc1nc(SCC(=O)c2ccc(CN)s2)c2cc(N3CCCCC3)ccc2n1.Cl. The summed E-state index contributed by atoms with van der Waals surface area (Å²) < 4.78 is 0. The summed E-state index contributed by atoms with van der Waals surface area (Å²) in [7, 11) is 0. The van der Waals surface area contributed by atoms with Gasteiger partial charge in [0.1, 0.15) is 10.9 Å². The van der Waals surface area contributed by atoms with Crippen LogP contribution in [0.5, 0.6) is 0 Å². The second-order valence-electron chi connectivity index (χ2n) is 7.01. The fraction of sp³-hybridized carbons (Fsp3) is 0.381. The Bertz CT molecular complexity index is 1000. The van der Waals surface area contributed by atoms with Gasteiger partial charge in [-0.15, -0.1) is 23.7 Å². The van der Waals surface area contributed by atoms with Crippen LogP contribution in [0.15, 0.2) is 35.4 Å². The number of hydrogen-bond acceptors (Lipinski definition) is 7. The molecule has 1 saturated heterocycles. The fourth-order valence-corrected chi connectivity index (χ4v) is 5.35. The number of halogens is 1. The van der Waals surface area contributed by atoms with Crippen molar-refractivity contribution in [2.75, 3.05) is 23.7 Å². The zero-order chi connectivity index (χ0) is 19.5. The quantitative estimate of drug-likeness (QED) is 0.330. The van der Waals surface area contributed by atoms with Gasteiger partial charge in [-0.05, 0) is 56.5 Å². The largest absolute Gasteiger partial charge is 0.372 e. The minimum absolute atomic E-state index is 0.